The van der Waals surface area contributed by atoms with Gasteiger partial charge in [-0.05, 0) is 42.9 Å². The normalized spacial score (nSPS) is 17.5. The van der Waals surface area contributed by atoms with Gasteiger partial charge in [0.1, 0.15) is 5.75 Å². The number of methoxy groups -OCH3 is 1. The lowest BCUT2D eigenvalue weighted by Crippen LogP contribution is -2.01. The Balaban J connectivity index is 2.31. The van der Waals surface area contributed by atoms with Crippen LogP contribution in [0, 0.1) is 6.92 Å². The second kappa shape index (κ2) is 4.23. The van der Waals surface area contributed by atoms with E-state index in [0.717, 1.165) is 11.3 Å². The maximum Gasteiger partial charge on any atom is 0.122 e. The molecule has 0 spiro atoms. The number of ether oxygens (including phenoxy) is 1. The average Bonchev–Trinajstić information content (AvgIpc) is 3.11. The molecule has 1 aromatic carbocycles. The molecule has 0 heterocycles. The maximum absolute atomic E-state index is 9.07. The molecule has 0 saturated heterocycles. The Morgan fingerprint density at radius 2 is 2.27 bits per heavy atom. The minimum absolute atomic E-state index is 0.0339. The molecule has 2 nitrogen and oxygen atoms in total. The summed E-state index contributed by atoms with van der Waals surface area (Å²) in [6.07, 6.45) is 2.50. The van der Waals surface area contributed by atoms with Crippen molar-refractivity contribution in [2.45, 2.75) is 24.7 Å². The molecule has 2 heteroatoms. The van der Waals surface area contributed by atoms with E-state index in [4.69, 9.17) is 9.84 Å². The molecule has 81 valence electrons. The molecule has 15 heavy (non-hydrogen) atoms. The van der Waals surface area contributed by atoms with Gasteiger partial charge in [-0.15, -0.1) is 0 Å². The fourth-order valence-corrected chi connectivity index (χ4v) is 1.83. The highest BCUT2D eigenvalue weighted by molar-refractivity contribution is 5.43. The molecular formula is C13H17O2. The number of rotatable bonds is 4. The first-order valence-electron chi connectivity index (χ1n) is 5.38. The van der Waals surface area contributed by atoms with Gasteiger partial charge in [0.05, 0.1) is 7.11 Å². The second-order valence-corrected chi connectivity index (χ2v) is 4.16. The van der Waals surface area contributed by atoms with Crippen LogP contribution in [0.1, 0.15) is 35.8 Å². The van der Waals surface area contributed by atoms with Gasteiger partial charge in [-0.25, -0.2) is 0 Å². The van der Waals surface area contributed by atoms with Gasteiger partial charge in [-0.3, -0.25) is 0 Å². The topological polar surface area (TPSA) is 29.5 Å². The van der Waals surface area contributed by atoms with Crippen LogP contribution in [0.4, 0.5) is 0 Å². The van der Waals surface area contributed by atoms with Crippen molar-refractivity contribution in [3.05, 3.63) is 36.2 Å². The molecule has 1 aliphatic rings. The van der Waals surface area contributed by atoms with E-state index in [0.29, 0.717) is 5.92 Å². The molecule has 1 N–H and O–H groups in total. The third-order valence-corrected chi connectivity index (χ3v) is 2.96. The molecule has 1 atom stereocenters. The van der Waals surface area contributed by atoms with Gasteiger partial charge in [0.2, 0.25) is 0 Å². The van der Waals surface area contributed by atoms with Crippen molar-refractivity contribution in [2.24, 2.45) is 0 Å². The summed E-state index contributed by atoms with van der Waals surface area (Å²) in [5.41, 5.74) is 2.37. The van der Waals surface area contributed by atoms with Crippen LogP contribution >= 0.6 is 0 Å². The zero-order chi connectivity index (χ0) is 10.8. The van der Waals surface area contributed by atoms with Crippen LogP contribution in [0.15, 0.2) is 18.2 Å². The molecule has 1 saturated carbocycles. The molecule has 1 aromatic rings. The standard InChI is InChI=1S/C13H17O2/c1-9(8-14)11-5-6-13(15-2)12(7-11)10-3-4-10/h5-7,9-10,14H,1,3-4,8H2,2H3. The number of benzene rings is 1. The molecule has 0 amide bonds. The Morgan fingerprint density at radius 3 is 2.80 bits per heavy atom. The SMILES string of the molecule is [CH2]C(CO)c1ccc(OC)c(C2CC2)c1. The lowest BCUT2D eigenvalue weighted by molar-refractivity contribution is 0.282. The first-order valence-corrected chi connectivity index (χ1v) is 5.38. The summed E-state index contributed by atoms with van der Waals surface area (Å²) in [5.74, 6) is 1.59. The molecule has 1 radical (unpaired) electrons. The quantitative estimate of drug-likeness (QED) is 0.818. The lowest BCUT2D eigenvalue weighted by Gasteiger charge is -2.13. The molecule has 1 aliphatic carbocycles. The molecule has 2 rings (SSSR count). The van der Waals surface area contributed by atoms with Crippen molar-refractivity contribution in [1.82, 2.24) is 0 Å². The Bertz CT molecular complexity index is 342. The minimum Gasteiger partial charge on any atom is -0.496 e. The van der Waals surface area contributed by atoms with Crippen molar-refractivity contribution < 1.29 is 9.84 Å². The fourth-order valence-electron chi connectivity index (χ4n) is 1.83. The Hall–Kier alpha value is -1.02. The fraction of sp³-hybridized carbons (Fsp3) is 0.462. The van der Waals surface area contributed by atoms with Crippen LogP contribution in [-0.2, 0) is 0 Å². The predicted octanol–water partition coefficient (Wildman–Crippen LogP) is 2.48. The summed E-state index contributed by atoms with van der Waals surface area (Å²) in [6.45, 7) is 4.01. The first kappa shape index (κ1) is 10.5. The van der Waals surface area contributed by atoms with Gasteiger partial charge in [-0.2, -0.15) is 0 Å². The Kier molecular flexibility index (Phi) is 2.96. The first-order chi connectivity index (χ1) is 7.26. The molecule has 0 aromatic heterocycles. The van der Waals surface area contributed by atoms with E-state index in [1.165, 1.54) is 18.4 Å². The van der Waals surface area contributed by atoms with Crippen molar-refractivity contribution >= 4 is 0 Å². The van der Waals surface area contributed by atoms with Crippen molar-refractivity contribution in [3.63, 3.8) is 0 Å². The van der Waals surface area contributed by atoms with Crippen LogP contribution in [0.5, 0.6) is 5.75 Å². The molecule has 1 unspecified atom stereocenters. The van der Waals surface area contributed by atoms with E-state index in [2.05, 4.69) is 13.0 Å². The number of aliphatic hydroxyl groups is 1. The highest BCUT2D eigenvalue weighted by atomic mass is 16.5. The number of hydrogen-bond donors (Lipinski definition) is 1. The molecule has 0 bridgehead atoms. The average molecular weight is 205 g/mol. The Labute approximate surface area is 90.9 Å². The largest absolute Gasteiger partial charge is 0.496 e. The summed E-state index contributed by atoms with van der Waals surface area (Å²) in [4.78, 5) is 0. The van der Waals surface area contributed by atoms with Gasteiger partial charge in [0.15, 0.2) is 0 Å². The third-order valence-electron chi connectivity index (χ3n) is 2.96. The zero-order valence-corrected chi connectivity index (χ0v) is 9.07. The molecule has 1 fully saturated rings. The highest BCUT2D eigenvalue weighted by Gasteiger charge is 2.27. The Morgan fingerprint density at radius 1 is 1.53 bits per heavy atom. The number of aliphatic hydroxyl groups excluding tert-OH is 1. The number of hydrogen-bond acceptors (Lipinski definition) is 2. The van der Waals surface area contributed by atoms with E-state index in [1.807, 2.05) is 12.1 Å². The van der Waals surface area contributed by atoms with E-state index >= 15 is 0 Å². The van der Waals surface area contributed by atoms with Crippen LogP contribution in [0.3, 0.4) is 0 Å². The zero-order valence-electron chi connectivity index (χ0n) is 9.07. The second-order valence-electron chi connectivity index (χ2n) is 4.16. The van der Waals surface area contributed by atoms with Crippen LogP contribution in [0.25, 0.3) is 0 Å². The minimum atomic E-state index is -0.0339. The van der Waals surface area contributed by atoms with Crippen molar-refractivity contribution in [1.29, 1.82) is 0 Å². The third kappa shape index (κ3) is 2.15. The van der Waals surface area contributed by atoms with Crippen LogP contribution in [0.2, 0.25) is 0 Å². The van der Waals surface area contributed by atoms with Gasteiger partial charge >= 0.3 is 0 Å². The predicted molar refractivity (Wildman–Crippen MR) is 60.2 cm³/mol. The summed E-state index contributed by atoms with van der Waals surface area (Å²) in [5, 5.41) is 9.07. The van der Waals surface area contributed by atoms with Gasteiger partial charge < -0.3 is 9.84 Å². The molecular weight excluding hydrogens is 188 g/mol. The summed E-state index contributed by atoms with van der Waals surface area (Å²) >= 11 is 0. The monoisotopic (exact) mass is 205 g/mol. The van der Waals surface area contributed by atoms with Gasteiger partial charge in [-0.1, -0.05) is 12.1 Å². The van der Waals surface area contributed by atoms with Gasteiger partial charge in [0.25, 0.3) is 0 Å². The van der Waals surface area contributed by atoms with Crippen molar-refractivity contribution in [3.8, 4) is 5.75 Å². The van der Waals surface area contributed by atoms with E-state index in [1.54, 1.807) is 7.11 Å². The van der Waals surface area contributed by atoms with Crippen LogP contribution < -0.4 is 4.74 Å². The summed E-state index contributed by atoms with van der Waals surface area (Å²) in [6, 6.07) is 6.10. The summed E-state index contributed by atoms with van der Waals surface area (Å²) in [7, 11) is 1.70. The molecule has 0 aliphatic heterocycles. The van der Waals surface area contributed by atoms with Crippen molar-refractivity contribution in [2.75, 3.05) is 13.7 Å². The highest BCUT2D eigenvalue weighted by Crippen LogP contribution is 2.45. The maximum atomic E-state index is 9.07. The summed E-state index contributed by atoms with van der Waals surface area (Å²) < 4.78 is 5.33. The van der Waals surface area contributed by atoms with Gasteiger partial charge in [0, 0.05) is 12.5 Å². The van der Waals surface area contributed by atoms with E-state index in [-0.39, 0.29) is 12.5 Å². The van der Waals surface area contributed by atoms with E-state index in [9.17, 15) is 0 Å². The van der Waals surface area contributed by atoms with Crippen LogP contribution in [-0.4, -0.2) is 18.8 Å². The smallest absolute Gasteiger partial charge is 0.122 e. The van der Waals surface area contributed by atoms with E-state index < -0.39 is 0 Å². The lowest BCUT2D eigenvalue weighted by atomic mass is 9.97.